The van der Waals surface area contributed by atoms with Crippen LogP contribution < -0.4 is 11.5 Å². The van der Waals surface area contributed by atoms with Crippen LogP contribution in [0.1, 0.15) is 0 Å². The van der Waals surface area contributed by atoms with E-state index < -0.39 is 0 Å². The molecule has 0 aliphatic rings. The molecule has 44 valence electrons. The Bertz CT molecular complexity index is 97.7. The van der Waals surface area contributed by atoms with Gasteiger partial charge in [-0.05, 0) is 24.6 Å². The number of hydrogen-bond donors (Lipinski definition) is 2. The molecule has 2 heteroatoms. The Morgan fingerprint density at radius 2 is 1.00 bits per heavy atom. The molecule has 0 heterocycles. The van der Waals surface area contributed by atoms with Crippen molar-refractivity contribution in [3.8, 4) is 0 Å². The molecular formula is C6H10N2. The summed E-state index contributed by atoms with van der Waals surface area (Å²) < 4.78 is 0. The number of rotatable bonds is 2. The molecule has 0 unspecified atom stereocenters. The van der Waals surface area contributed by atoms with Crippen molar-refractivity contribution in [3.05, 3.63) is 36.7 Å². The van der Waals surface area contributed by atoms with Gasteiger partial charge in [-0.25, -0.2) is 0 Å². The molecule has 2 nitrogen and oxygen atoms in total. The van der Waals surface area contributed by atoms with Gasteiger partial charge in [0.1, 0.15) is 0 Å². The van der Waals surface area contributed by atoms with E-state index in [1.165, 1.54) is 12.4 Å². The van der Waals surface area contributed by atoms with Crippen LogP contribution in [0.2, 0.25) is 0 Å². The first-order chi connectivity index (χ1) is 3.91. The lowest BCUT2D eigenvalue weighted by atomic mass is 10.5. The summed E-state index contributed by atoms with van der Waals surface area (Å²) in [4.78, 5) is 0. The molecule has 8 heavy (non-hydrogen) atoms. The summed E-state index contributed by atoms with van der Waals surface area (Å²) in [5.74, 6) is 0. The van der Waals surface area contributed by atoms with Gasteiger partial charge in [0.15, 0.2) is 0 Å². The number of nitrogens with two attached hydrogens (primary N) is 2. The standard InChI is InChI=1S/C6H10N2/c7-5-3-1-2-4-6-8/h1-6H,7-8H2. The first kappa shape index (κ1) is 6.82. The number of allylic oxidation sites excluding steroid dienone is 4. The molecule has 4 N–H and O–H groups in total. The minimum absolute atomic E-state index is 1.46. The second kappa shape index (κ2) is 5.82. The first-order valence-corrected chi connectivity index (χ1v) is 2.33. The molecule has 0 rings (SSSR count). The summed E-state index contributed by atoms with van der Waals surface area (Å²) in [6.45, 7) is 0. The van der Waals surface area contributed by atoms with Crippen molar-refractivity contribution >= 4 is 0 Å². The van der Waals surface area contributed by atoms with E-state index in [0.717, 1.165) is 0 Å². The topological polar surface area (TPSA) is 52.0 Å². The highest BCUT2D eigenvalue weighted by atomic mass is 14.5. The van der Waals surface area contributed by atoms with E-state index in [2.05, 4.69) is 0 Å². The Kier molecular flexibility index (Phi) is 4.96. The smallest absolute Gasteiger partial charge is 0.00624 e. The normalized spacial score (nSPS) is 12.5. The van der Waals surface area contributed by atoms with Crippen LogP contribution in [0.25, 0.3) is 0 Å². The second-order valence-electron chi connectivity index (χ2n) is 1.15. The summed E-state index contributed by atoms with van der Waals surface area (Å²) in [7, 11) is 0. The van der Waals surface area contributed by atoms with Crippen molar-refractivity contribution in [2.45, 2.75) is 0 Å². The average Bonchev–Trinajstić information content (AvgIpc) is 1.81. The van der Waals surface area contributed by atoms with Crippen LogP contribution in [-0.4, -0.2) is 0 Å². The van der Waals surface area contributed by atoms with Crippen molar-refractivity contribution in [1.82, 2.24) is 0 Å². The highest BCUT2D eigenvalue weighted by molar-refractivity contribution is 5.09. The minimum atomic E-state index is 1.46. The van der Waals surface area contributed by atoms with E-state index >= 15 is 0 Å². The van der Waals surface area contributed by atoms with E-state index in [-0.39, 0.29) is 0 Å². The van der Waals surface area contributed by atoms with Gasteiger partial charge in [-0.2, -0.15) is 0 Å². The minimum Gasteiger partial charge on any atom is -0.405 e. The SMILES string of the molecule is NC=CC=CC=CN. The lowest BCUT2D eigenvalue weighted by Crippen LogP contribution is -1.73. The summed E-state index contributed by atoms with van der Waals surface area (Å²) >= 11 is 0. The average molecular weight is 110 g/mol. The lowest BCUT2D eigenvalue weighted by molar-refractivity contribution is 1.59. The van der Waals surface area contributed by atoms with Gasteiger partial charge in [0.25, 0.3) is 0 Å². The molecule has 0 saturated carbocycles. The van der Waals surface area contributed by atoms with Crippen molar-refractivity contribution in [2.24, 2.45) is 11.5 Å². The quantitative estimate of drug-likeness (QED) is 0.508. The van der Waals surface area contributed by atoms with Crippen LogP contribution in [0.3, 0.4) is 0 Å². The predicted molar refractivity (Wildman–Crippen MR) is 35.8 cm³/mol. The van der Waals surface area contributed by atoms with Gasteiger partial charge in [-0.1, -0.05) is 12.2 Å². The molecule has 0 aromatic heterocycles. The maximum Gasteiger partial charge on any atom is -0.00624 e. The molecule has 0 aromatic rings. The third-order valence-corrected chi connectivity index (χ3v) is 0.556. The van der Waals surface area contributed by atoms with Crippen molar-refractivity contribution in [2.75, 3.05) is 0 Å². The Labute approximate surface area is 49.2 Å². The van der Waals surface area contributed by atoms with E-state index in [1.807, 2.05) is 0 Å². The highest BCUT2D eigenvalue weighted by Gasteiger charge is 1.55. The monoisotopic (exact) mass is 110 g/mol. The summed E-state index contributed by atoms with van der Waals surface area (Å²) in [5.41, 5.74) is 10.0. The maximum atomic E-state index is 5.02. The van der Waals surface area contributed by atoms with Crippen LogP contribution in [0.5, 0.6) is 0 Å². The molecule has 0 aliphatic carbocycles. The van der Waals surface area contributed by atoms with E-state index in [9.17, 15) is 0 Å². The Morgan fingerprint density at radius 1 is 0.625 bits per heavy atom. The van der Waals surface area contributed by atoms with Gasteiger partial charge in [-0.15, -0.1) is 0 Å². The van der Waals surface area contributed by atoms with Crippen LogP contribution in [0, 0.1) is 0 Å². The van der Waals surface area contributed by atoms with Crippen LogP contribution in [-0.2, 0) is 0 Å². The van der Waals surface area contributed by atoms with Crippen LogP contribution in [0.4, 0.5) is 0 Å². The maximum absolute atomic E-state index is 5.02. The van der Waals surface area contributed by atoms with Gasteiger partial charge < -0.3 is 11.5 Å². The summed E-state index contributed by atoms with van der Waals surface area (Å²) in [5, 5.41) is 0. The fraction of sp³-hybridized carbons (Fsp3) is 0. The Balaban J connectivity index is 3.35. The Hall–Kier alpha value is -1.18. The molecule has 0 radical (unpaired) electrons. The summed E-state index contributed by atoms with van der Waals surface area (Å²) in [6.07, 6.45) is 9.95. The molecule has 0 atom stereocenters. The van der Waals surface area contributed by atoms with E-state index in [4.69, 9.17) is 11.5 Å². The third kappa shape index (κ3) is 4.82. The third-order valence-electron chi connectivity index (χ3n) is 0.556. The molecule has 0 fully saturated rings. The van der Waals surface area contributed by atoms with Crippen molar-refractivity contribution in [1.29, 1.82) is 0 Å². The zero-order valence-electron chi connectivity index (χ0n) is 4.62. The fourth-order valence-corrected chi connectivity index (χ4v) is 0.257. The van der Waals surface area contributed by atoms with Gasteiger partial charge in [0.2, 0.25) is 0 Å². The van der Waals surface area contributed by atoms with Gasteiger partial charge >= 0.3 is 0 Å². The second-order valence-corrected chi connectivity index (χ2v) is 1.15. The molecule has 0 spiro atoms. The van der Waals surface area contributed by atoms with Crippen molar-refractivity contribution < 1.29 is 0 Å². The van der Waals surface area contributed by atoms with E-state index in [1.54, 1.807) is 24.3 Å². The summed E-state index contributed by atoms with van der Waals surface area (Å²) in [6, 6.07) is 0. The van der Waals surface area contributed by atoms with Gasteiger partial charge in [-0.3, -0.25) is 0 Å². The first-order valence-electron chi connectivity index (χ1n) is 2.33. The Morgan fingerprint density at radius 3 is 1.25 bits per heavy atom. The van der Waals surface area contributed by atoms with E-state index in [0.29, 0.717) is 0 Å². The van der Waals surface area contributed by atoms with Gasteiger partial charge in [0.05, 0.1) is 0 Å². The zero-order chi connectivity index (χ0) is 6.24. The largest absolute Gasteiger partial charge is 0.405 e. The lowest BCUT2D eigenvalue weighted by Gasteiger charge is -1.69. The molecule has 0 amide bonds. The van der Waals surface area contributed by atoms with Crippen LogP contribution in [0.15, 0.2) is 36.7 Å². The molecule has 0 bridgehead atoms. The molecular weight excluding hydrogens is 100 g/mol. The molecule has 0 saturated heterocycles. The highest BCUT2D eigenvalue weighted by Crippen LogP contribution is 1.73. The van der Waals surface area contributed by atoms with Crippen LogP contribution >= 0.6 is 0 Å². The predicted octanol–water partition coefficient (Wildman–Crippen LogP) is 0.487. The zero-order valence-corrected chi connectivity index (χ0v) is 4.62. The van der Waals surface area contributed by atoms with Crippen molar-refractivity contribution in [3.63, 3.8) is 0 Å². The van der Waals surface area contributed by atoms with Gasteiger partial charge in [0, 0.05) is 0 Å². The molecule has 0 aromatic carbocycles. The number of hydrogen-bond acceptors (Lipinski definition) is 2. The fourth-order valence-electron chi connectivity index (χ4n) is 0.257. The molecule has 0 aliphatic heterocycles.